The van der Waals surface area contributed by atoms with Crippen molar-refractivity contribution in [2.24, 2.45) is 0 Å². The summed E-state index contributed by atoms with van der Waals surface area (Å²) < 4.78 is 5.17. The largest absolute Gasteiger partial charge is 0.497 e. The standard InChI is InChI=1S/C25H33N3O3/c1-28(20-8-4-3-5-9-20)18-24(29)27-23-11-7-6-10-22(23)25(30)26-17-16-19-12-14-21(31-2)15-13-19/h6-7,10-15,20H,3-5,8-9,16-18H2,1-2H3,(H,26,30)(H,27,29). The lowest BCUT2D eigenvalue weighted by Crippen LogP contribution is -2.39. The maximum atomic E-state index is 12.7. The number of nitrogens with one attached hydrogen (secondary N) is 2. The van der Waals surface area contributed by atoms with Gasteiger partial charge in [-0.3, -0.25) is 14.5 Å². The van der Waals surface area contributed by atoms with Crippen LogP contribution in [0.15, 0.2) is 48.5 Å². The summed E-state index contributed by atoms with van der Waals surface area (Å²) in [6, 6.07) is 15.4. The summed E-state index contributed by atoms with van der Waals surface area (Å²) in [4.78, 5) is 27.4. The molecular weight excluding hydrogens is 390 g/mol. The van der Waals surface area contributed by atoms with Crippen molar-refractivity contribution in [3.63, 3.8) is 0 Å². The molecule has 2 aromatic carbocycles. The van der Waals surface area contributed by atoms with Crippen LogP contribution in [0.4, 0.5) is 5.69 Å². The van der Waals surface area contributed by atoms with E-state index in [2.05, 4.69) is 15.5 Å². The van der Waals surface area contributed by atoms with Gasteiger partial charge in [0.1, 0.15) is 5.75 Å². The van der Waals surface area contributed by atoms with Crippen molar-refractivity contribution in [3.05, 3.63) is 59.7 Å². The van der Waals surface area contributed by atoms with Crippen LogP contribution in [-0.4, -0.2) is 50.0 Å². The van der Waals surface area contributed by atoms with Gasteiger partial charge in [-0.2, -0.15) is 0 Å². The SMILES string of the molecule is COc1ccc(CCNC(=O)c2ccccc2NC(=O)CN(C)C2CCCCC2)cc1. The second-order valence-electron chi connectivity index (χ2n) is 8.15. The highest BCUT2D eigenvalue weighted by atomic mass is 16.5. The lowest BCUT2D eigenvalue weighted by Gasteiger charge is -2.30. The van der Waals surface area contributed by atoms with E-state index >= 15 is 0 Å². The Morgan fingerprint density at radius 1 is 1.03 bits per heavy atom. The fourth-order valence-electron chi connectivity index (χ4n) is 4.07. The number of amides is 2. The van der Waals surface area contributed by atoms with E-state index < -0.39 is 0 Å². The highest BCUT2D eigenvalue weighted by molar-refractivity contribution is 6.04. The molecule has 166 valence electrons. The maximum Gasteiger partial charge on any atom is 0.253 e. The molecule has 0 spiro atoms. The second kappa shape index (κ2) is 11.5. The predicted molar refractivity (Wildman–Crippen MR) is 124 cm³/mol. The lowest BCUT2D eigenvalue weighted by molar-refractivity contribution is -0.117. The number of hydrogen-bond donors (Lipinski definition) is 2. The lowest BCUT2D eigenvalue weighted by atomic mass is 9.94. The predicted octanol–water partition coefficient (Wildman–Crippen LogP) is 3.87. The number of rotatable bonds is 9. The van der Waals surface area contributed by atoms with E-state index in [0.717, 1.165) is 30.6 Å². The van der Waals surface area contributed by atoms with E-state index in [0.29, 0.717) is 30.4 Å². The Labute approximate surface area is 185 Å². The van der Waals surface area contributed by atoms with Crippen molar-refractivity contribution >= 4 is 17.5 Å². The second-order valence-corrected chi connectivity index (χ2v) is 8.15. The summed E-state index contributed by atoms with van der Waals surface area (Å²) in [6.45, 7) is 0.843. The first kappa shape index (κ1) is 22.8. The first-order chi connectivity index (χ1) is 15.1. The number of likely N-dealkylation sites (N-methyl/N-ethyl adjacent to an activating group) is 1. The Hall–Kier alpha value is -2.86. The van der Waals surface area contributed by atoms with Gasteiger partial charge in [0.25, 0.3) is 5.91 Å². The molecule has 0 aromatic heterocycles. The topological polar surface area (TPSA) is 70.7 Å². The molecule has 1 aliphatic rings. The number of carbonyl (C=O) groups is 2. The number of hydrogen-bond acceptors (Lipinski definition) is 4. The van der Waals surface area contributed by atoms with Crippen LogP contribution < -0.4 is 15.4 Å². The van der Waals surface area contributed by atoms with Gasteiger partial charge in [0.05, 0.1) is 24.9 Å². The van der Waals surface area contributed by atoms with Crippen LogP contribution in [0, 0.1) is 0 Å². The molecule has 0 radical (unpaired) electrons. The fourth-order valence-corrected chi connectivity index (χ4v) is 4.07. The van der Waals surface area contributed by atoms with Gasteiger partial charge in [-0.05, 0) is 56.1 Å². The van der Waals surface area contributed by atoms with Crippen LogP contribution >= 0.6 is 0 Å². The van der Waals surface area contributed by atoms with Crippen LogP contribution in [0.3, 0.4) is 0 Å². The molecule has 31 heavy (non-hydrogen) atoms. The minimum Gasteiger partial charge on any atom is -0.497 e. The molecule has 6 heteroatoms. The van der Waals surface area contributed by atoms with Gasteiger partial charge in [0.15, 0.2) is 0 Å². The summed E-state index contributed by atoms with van der Waals surface area (Å²) in [7, 11) is 3.65. The molecule has 0 saturated heterocycles. The van der Waals surface area contributed by atoms with Gasteiger partial charge in [-0.15, -0.1) is 0 Å². The fraction of sp³-hybridized carbons (Fsp3) is 0.440. The molecule has 0 heterocycles. The zero-order valence-electron chi connectivity index (χ0n) is 18.5. The molecule has 3 rings (SSSR count). The highest BCUT2D eigenvalue weighted by Crippen LogP contribution is 2.22. The molecule has 2 aromatic rings. The minimum atomic E-state index is -0.190. The average molecular weight is 424 g/mol. The molecule has 2 N–H and O–H groups in total. The molecule has 2 amide bonds. The number of ether oxygens (including phenoxy) is 1. The van der Waals surface area contributed by atoms with Gasteiger partial charge < -0.3 is 15.4 Å². The zero-order chi connectivity index (χ0) is 22.1. The van der Waals surface area contributed by atoms with Gasteiger partial charge >= 0.3 is 0 Å². The molecule has 1 fully saturated rings. The van der Waals surface area contributed by atoms with Gasteiger partial charge in [-0.25, -0.2) is 0 Å². The number of carbonyl (C=O) groups excluding carboxylic acids is 2. The third-order valence-electron chi connectivity index (χ3n) is 5.90. The quantitative estimate of drug-likeness (QED) is 0.642. The van der Waals surface area contributed by atoms with Crippen LogP contribution in [0.2, 0.25) is 0 Å². The van der Waals surface area contributed by atoms with Crippen LogP contribution in [0.1, 0.15) is 48.0 Å². The third kappa shape index (κ3) is 6.82. The van der Waals surface area contributed by atoms with Crippen LogP contribution in [0.25, 0.3) is 0 Å². The van der Waals surface area contributed by atoms with Gasteiger partial charge in [-0.1, -0.05) is 43.5 Å². The number of nitrogens with zero attached hydrogens (tertiary/aromatic N) is 1. The molecule has 0 bridgehead atoms. The van der Waals surface area contributed by atoms with Crippen molar-refractivity contribution < 1.29 is 14.3 Å². The van der Waals surface area contributed by atoms with E-state index in [1.54, 1.807) is 19.2 Å². The number of anilines is 1. The highest BCUT2D eigenvalue weighted by Gasteiger charge is 2.20. The van der Waals surface area contributed by atoms with E-state index in [1.807, 2.05) is 43.4 Å². The van der Waals surface area contributed by atoms with Crippen molar-refractivity contribution in [3.8, 4) is 5.75 Å². The maximum absolute atomic E-state index is 12.7. The number of para-hydroxylation sites is 1. The van der Waals surface area contributed by atoms with E-state index in [9.17, 15) is 9.59 Å². The number of benzene rings is 2. The number of methoxy groups -OCH3 is 1. The summed E-state index contributed by atoms with van der Waals surface area (Å²) in [5.41, 5.74) is 2.14. The summed E-state index contributed by atoms with van der Waals surface area (Å²) >= 11 is 0. The monoisotopic (exact) mass is 423 g/mol. The van der Waals surface area contributed by atoms with E-state index in [4.69, 9.17) is 4.74 Å². The Balaban J connectivity index is 1.52. The third-order valence-corrected chi connectivity index (χ3v) is 5.90. The van der Waals surface area contributed by atoms with Crippen LogP contribution in [-0.2, 0) is 11.2 Å². The Kier molecular flexibility index (Phi) is 8.47. The summed E-state index contributed by atoms with van der Waals surface area (Å²) in [5.74, 6) is 0.531. The zero-order valence-corrected chi connectivity index (χ0v) is 18.5. The minimum absolute atomic E-state index is 0.0912. The van der Waals surface area contributed by atoms with E-state index in [1.165, 1.54) is 19.3 Å². The first-order valence-corrected chi connectivity index (χ1v) is 11.1. The summed E-state index contributed by atoms with van der Waals surface area (Å²) in [6.07, 6.45) is 6.77. The molecular formula is C25H33N3O3. The summed E-state index contributed by atoms with van der Waals surface area (Å²) in [5, 5.41) is 5.88. The molecule has 0 aliphatic heterocycles. The van der Waals surface area contributed by atoms with Gasteiger partial charge in [0, 0.05) is 12.6 Å². The normalized spacial score (nSPS) is 14.3. The van der Waals surface area contributed by atoms with Crippen molar-refractivity contribution in [1.82, 2.24) is 10.2 Å². The van der Waals surface area contributed by atoms with Crippen molar-refractivity contribution in [1.29, 1.82) is 0 Å². The molecule has 0 unspecified atom stereocenters. The Bertz CT molecular complexity index is 861. The Morgan fingerprint density at radius 2 is 1.74 bits per heavy atom. The first-order valence-electron chi connectivity index (χ1n) is 11.1. The van der Waals surface area contributed by atoms with Gasteiger partial charge in [0.2, 0.25) is 5.91 Å². The smallest absolute Gasteiger partial charge is 0.253 e. The molecule has 0 atom stereocenters. The average Bonchev–Trinajstić information content (AvgIpc) is 2.80. The molecule has 1 aliphatic carbocycles. The molecule has 1 saturated carbocycles. The molecule has 6 nitrogen and oxygen atoms in total. The van der Waals surface area contributed by atoms with Crippen molar-refractivity contribution in [2.45, 2.75) is 44.6 Å². The Morgan fingerprint density at radius 3 is 2.45 bits per heavy atom. The van der Waals surface area contributed by atoms with Crippen LogP contribution in [0.5, 0.6) is 5.75 Å². The van der Waals surface area contributed by atoms with E-state index in [-0.39, 0.29) is 11.8 Å². The van der Waals surface area contributed by atoms with Crippen molar-refractivity contribution in [2.75, 3.05) is 32.6 Å².